The molecule has 0 aromatic carbocycles. The maximum Gasteiger partial charge on any atom is 0.236 e. The average Bonchev–Trinajstić information content (AvgIpc) is 3.34. The molecule has 0 atom stereocenters. The number of halogens is 1. The van der Waals surface area contributed by atoms with Crippen molar-refractivity contribution in [3.05, 3.63) is 51.9 Å². The molecular weight excluding hydrogens is 479 g/mol. The summed E-state index contributed by atoms with van der Waals surface area (Å²) >= 11 is 3.40. The van der Waals surface area contributed by atoms with Gasteiger partial charge in [-0.05, 0) is 22.9 Å². The second kappa shape index (κ2) is 9.52. The molecule has 0 saturated heterocycles. The summed E-state index contributed by atoms with van der Waals surface area (Å²) in [6.07, 6.45) is 1.69. The van der Waals surface area contributed by atoms with E-state index in [9.17, 15) is 0 Å². The van der Waals surface area contributed by atoms with Gasteiger partial charge in [0, 0.05) is 23.9 Å². The van der Waals surface area contributed by atoms with Crippen LogP contribution in [0.3, 0.4) is 0 Å². The quantitative estimate of drug-likeness (QED) is 0.291. The molecule has 0 fully saturated rings. The Bertz CT molecular complexity index is 810. The molecule has 0 aliphatic rings. The zero-order chi connectivity index (χ0) is 17.7. The van der Waals surface area contributed by atoms with Crippen molar-refractivity contribution in [3.63, 3.8) is 0 Å². The number of thiophene rings is 2. The van der Waals surface area contributed by atoms with Gasteiger partial charge in [-0.25, -0.2) is 4.98 Å². The van der Waals surface area contributed by atoms with E-state index in [2.05, 4.69) is 52.0 Å². The molecule has 3 rings (SSSR count). The van der Waals surface area contributed by atoms with Crippen molar-refractivity contribution in [2.75, 3.05) is 13.6 Å². The molecule has 0 saturated carbocycles. The molecule has 0 aliphatic heterocycles. The fourth-order valence-corrected chi connectivity index (χ4v) is 3.86. The minimum Gasteiger partial charge on any atom is -0.443 e. The topological polar surface area (TPSA) is 62.5 Å². The van der Waals surface area contributed by atoms with Gasteiger partial charge in [-0.1, -0.05) is 26.0 Å². The molecule has 8 heteroatoms. The van der Waals surface area contributed by atoms with E-state index >= 15 is 0 Å². The number of guanidine groups is 1. The second-order valence-corrected chi connectivity index (χ2v) is 8.16. The molecule has 0 spiro atoms. The van der Waals surface area contributed by atoms with Gasteiger partial charge in [0.05, 0.1) is 17.1 Å². The number of hydrogen-bond donors (Lipinski definition) is 2. The van der Waals surface area contributed by atoms with Gasteiger partial charge in [-0.3, -0.25) is 4.99 Å². The highest BCUT2D eigenvalue weighted by atomic mass is 127. The van der Waals surface area contributed by atoms with Crippen LogP contribution in [0.4, 0.5) is 0 Å². The summed E-state index contributed by atoms with van der Waals surface area (Å²) in [6, 6.07) is 8.25. The highest BCUT2D eigenvalue weighted by Gasteiger charge is 2.22. The predicted molar refractivity (Wildman–Crippen MR) is 121 cm³/mol. The molecule has 26 heavy (non-hydrogen) atoms. The molecule has 3 aromatic heterocycles. The SMILES string of the molecule is CN=C(NCc1coc(-c2cccs2)n1)NCC(C)(C)c1cccs1.I. The Morgan fingerprint density at radius 2 is 1.96 bits per heavy atom. The number of rotatable bonds is 6. The number of nitrogens with one attached hydrogen (secondary N) is 2. The Morgan fingerprint density at radius 1 is 1.19 bits per heavy atom. The van der Waals surface area contributed by atoms with Crippen molar-refractivity contribution < 1.29 is 4.42 Å². The Hall–Kier alpha value is -1.39. The standard InChI is InChI=1S/C18H22N4OS2.HI/c1-18(2,15-7-5-9-25-15)12-21-17(19-3)20-10-13-11-23-16(22-13)14-6-4-8-24-14;/h4-9,11H,10,12H2,1-3H3,(H2,19,20,21);1H. The van der Waals surface area contributed by atoms with Gasteiger partial charge in [0.2, 0.25) is 5.89 Å². The third kappa shape index (κ3) is 5.31. The van der Waals surface area contributed by atoms with E-state index < -0.39 is 0 Å². The van der Waals surface area contributed by atoms with Crippen LogP contribution in [0.15, 0.2) is 50.7 Å². The maximum absolute atomic E-state index is 5.54. The van der Waals surface area contributed by atoms with Crippen LogP contribution in [-0.2, 0) is 12.0 Å². The van der Waals surface area contributed by atoms with E-state index in [-0.39, 0.29) is 29.4 Å². The van der Waals surface area contributed by atoms with E-state index in [1.54, 1.807) is 36.0 Å². The first-order chi connectivity index (χ1) is 12.1. The third-order valence-corrected chi connectivity index (χ3v) is 5.92. The molecule has 3 aromatic rings. The van der Waals surface area contributed by atoms with Crippen LogP contribution >= 0.6 is 46.7 Å². The minimum atomic E-state index is 0. The summed E-state index contributed by atoms with van der Waals surface area (Å²) in [7, 11) is 1.77. The first-order valence-corrected chi connectivity index (χ1v) is 9.81. The lowest BCUT2D eigenvalue weighted by Gasteiger charge is -2.24. The Labute approximate surface area is 179 Å². The number of aliphatic imine (C=N–C) groups is 1. The van der Waals surface area contributed by atoms with Gasteiger partial charge < -0.3 is 15.1 Å². The Kier molecular flexibility index (Phi) is 7.66. The first kappa shape index (κ1) is 20.9. The van der Waals surface area contributed by atoms with Crippen molar-refractivity contribution >= 4 is 52.6 Å². The molecule has 5 nitrogen and oxygen atoms in total. The smallest absolute Gasteiger partial charge is 0.236 e. The molecule has 140 valence electrons. The first-order valence-electron chi connectivity index (χ1n) is 8.05. The van der Waals surface area contributed by atoms with Crippen molar-refractivity contribution in [1.29, 1.82) is 0 Å². The van der Waals surface area contributed by atoms with E-state index in [1.165, 1.54) is 4.88 Å². The Balaban J connectivity index is 0.00000243. The zero-order valence-corrected chi connectivity index (χ0v) is 18.9. The number of aromatic nitrogens is 1. The summed E-state index contributed by atoms with van der Waals surface area (Å²) in [5.41, 5.74) is 0.898. The molecule has 0 bridgehead atoms. The highest BCUT2D eigenvalue weighted by molar-refractivity contribution is 14.0. The summed E-state index contributed by atoms with van der Waals surface area (Å²) in [5, 5.41) is 10.8. The third-order valence-electron chi connectivity index (χ3n) is 3.83. The van der Waals surface area contributed by atoms with Crippen LogP contribution in [0.5, 0.6) is 0 Å². The molecule has 0 amide bonds. The minimum absolute atomic E-state index is 0. The fraction of sp³-hybridized carbons (Fsp3) is 0.333. The lowest BCUT2D eigenvalue weighted by atomic mass is 9.91. The average molecular weight is 502 g/mol. The largest absolute Gasteiger partial charge is 0.443 e. The van der Waals surface area contributed by atoms with Crippen molar-refractivity contribution in [2.45, 2.75) is 25.8 Å². The van der Waals surface area contributed by atoms with Crippen LogP contribution in [0.2, 0.25) is 0 Å². The monoisotopic (exact) mass is 502 g/mol. The zero-order valence-electron chi connectivity index (χ0n) is 15.0. The molecule has 2 N–H and O–H groups in total. The number of nitrogens with zero attached hydrogens (tertiary/aromatic N) is 2. The molecule has 0 radical (unpaired) electrons. The lowest BCUT2D eigenvalue weighted by Crippen LogP contribution is -2.43. The van der Waals surface area contributed by atoms with Crippen molar-refractivity contribution in [3.8, 4) is 10.8 Å². The maximum atomic E-state index is 5.54. The van der Waals surface area contributed by atoms with Gasteiger partial charge in [0.25, 0.3) is 0 Å². The van der Waals surface area contributed by atoms with Crippen molar-refractivity contribution in [2.24, 2.45) is 4.99 Å². The fourth-order valence-electron chi connectivity index (χ4n) is 2.35. The molecule has 0 unspecified atom stereocenters. The number of oxazole rings is 1. The summed E-state index contributed by atoms with van der Waals surface area (Å²) in [4.78, 5) is 11.2. The molecular formula is C18H23IN4OS2. The van der Waals surface area contributed by atoms with Gasteiger partial charge in [0.1, 0.15) is 6.26 Å². The van der Waals surface area contributed by atoms with Crippen molar-refractivity contribution in [1.82, 2.24) is 15.6 Å². The van der Waals surface area contributed by atoms with E-state index in [0.717, 1.165) is 23.1 Å². The normalized spacial score (nSPS) is 11.9. The van der Waals surface area contributed by atoms with Gasteiger partial charge >= 0.3 is 0 Å². The van der Waals surface area contributed by atoms with Gasteiger partial charge in [-0.15, -0.1) is 46.7 Å². The van der Waals surface area contributed by atoms with Gasteiger partial charge in [0.15, 0.2) is 5.96 Å². The number of hydrogen-bond acceptors (Lipinski definition) is 5. The van der Waals surface area contributed by atoms with Crippen LogP contribution in [0, 0.1) is 0 Å². The van der Waals surface area contributed by atoms with Crippen LogP contribution in [0.1, 0.15) is 24.4 Å². The van der Waals surface area contributed by atoms with E-state index in [0.29, 0.717) is 12.4 Å². The lowest BCUT2D eigenvalue weighted by molar-refractivity contribution is 0.518. The van der Waals surface area contributed by atoms with E-state index in [1.807, 2.05) is 17.5 Å². The summed E-state index contributed by atoms with van der Waals surface area (Å²) in [6.45, 7) is 5.81. The van der Waals surface area contributed by atoms with Crippen LogP contribution in [-0.4, -0.2) is 24.5 Å². The van der Waals surface area contributed by atoms with E-state index in [4.69, 9.17) is 4.42 Å². The van der Waals surface area contributed by atoms with Crippen LogP contribution in [0.25, 0.3) is 10.8 Å². The summed E-state index contributed by atoms with van der Waals surface area (Å²) < 4.78 is 5.54. The molecule has 0 aliphatic carbocycles. The molecule has 3 heterocycles. The van der Waals surface area contributed by atoms with Gasteiger partial charge in [-0.2, -0.15) is 0 Å². The summed E-state index contributed by atoms with van der Waals surface area (Å²) in [5.74, 6) is 1.42. The highest BCUT2D eigenvalue weighted by Crippen LogP contribution is 2.26. The van der Waals surface area contributed by atoms with Crippen LogP contribution < -0.4 is 10.6 Å². The second-order valence-electron chi connectivity index (χ2n) is 6.26. The Morgan fingerprint density at radius 3 is 2.62 bits per heavy atom. The predicted octanol–water partition coefficient (Wildman–Crippen LogP) is 4.73.